The summed E-state index contributed by atoms with van der Waals surface area (Å²) in [5.41, 5.74) is 1.27. The van der Waals surface area contributed by atoms with E-state index in [1.807, 2.05) is 18.2 Å². The highest BCUT2D eigenvalue weighted by Gasteiger charge is 2.37. The molecule has 0 aliphatic carbocycles. The highest BCUT2D eigenvalue weighted by atomic mass is 28.4. The van der Waals surface area contributed by atoms with E-state index in [-0.39, 0.29) is 5.04 Å². The van der Waals surface area contributed by atoms with E-state index in [0.29, 0.717) is 12.3 Å². The molecule has 0 amide bonds. The molecule has 0 radical (unpaired) electrons. The summed E-state index contributed by atoms with van der Waals surface area (Å²) in [4.78, 5) is 4.21. The van der Waals surface area contributed by atoms with Crippen LogP contribution in [0.25, 0.3) is 0 Å². The first-order chi connectivity index (χ1) is 7.76. The number of rotatable bonds is 3. The van der Waals surface area contributed by atoms with Crippen molar-refractivity contribution in [3.05, 3.63) is 29.6 Å². The number of hydrogen-bond donors (Lipinski definition) is 0. The van der Waals surface area contributed by atoms with Gasteiger partial charge in [0.1, 0.15) is 11.8 Å². The van der Waals surface area contributed by atoms with E-state index < -0.39 is 8.32 Å². The minimum atomic E-state index is -1.74. The summed E-state index contributed by atoms with van der Waals surface area (Å²) in [6, 6.07) is 7.48. The largest absolute Gasteiger partial charge is 0.411 e. The number of nitriles is 1. The van der Waals surface area contributed by atoms with Crippen molar-refractivity contribution in [2.45, 2.75) is 45.5 Å². The van der Waals surface area contributed by atoms with E-state index in [1.54, 1.807) is 6.07 Å². The second-order valence-corrected chi connectivity index (χ2v) is 10.5. The Hall–Kier alpha value is -1.18. The first kappa shape index (κ1) is 13.9. The Kier molecular flexibility index (Phi) is 4.07. The molecule has 0 N–H and O–H groups in total. The lowest BCUT2D eigenvalue weighted by atomic mass is 10.2. The molecule has 3 nitrogen and oxygen atoms in total. The Labute approximate surface area is 105 Å². The molecule has 0 saturated heterocycles. The maximum Gasteiger partial charge on any atom is 0.192 e. The van der Waals surface area contributed by atoms with Crippen molar-refractivity contribution >= 4 is 8.32 Å². The predicted molar refractivity (Wildman–Crippen MR) is 70.9 cm³/mol. The zero-order chi connectivity index (χ0) is 13.1. The van der Waals surface area contributed by atoms with E-state index in [0.717, 1.165) is 5.69 Å². The predicted octanol–water partition coefficient (Wildman–Crippen LogP) is 3.48. The lowest BCUT2D eigenvalue weighted by Crippen LogP contribution is -2.40. The molecule has 1 heterocycles. The fraction of sp³-hybridized carbons (Fsp3) is 0.538. The molecule has 0 bridgehead atoms. The third kappa shape index (κ3) is 3.65. The van der Waals surface area contributed by atoms with Gasteiger partial charge in [-0.25, -0.2) is 4.98 Å². The van der Waals surface area contributed by atoms with Crippen LogP contribution in [0.5, 0.6) is 0 Å². The molecule has 4 heteroatoms. The number of nitrogens with zero attached hydrogens (tertiary/aromatic N) is 2. The Bertz CT molecular complexity index is 430. The molecule has 0 saturated carbocycles. The van der Waals surface area contributed by atoms with Gasteiger partial charge in [-0.15, -0.1) is 0 Å². The minimum Gasteiger partial charge on any atom is -0.411 e. The molecule has 0 atom stereocenters. The van der Waals surface area contributed by atoms with Crippen molar-refractivity contribution in [2.24, 2.45) is 0 Å². The zero-order valence-electron chi connectivity index (χ0n) is 11.2. The van der Waals surface area contributed by atoms with E-state index in [2.05, 4.69) is 38.8 Å². The zero-order valence-corrected chi connectivity index (χ0v) is 12.2. The Morgan fingerprint density at radius 1 is 1.35 bits per heavy atom. The molecule has 1 aromatic heterocycles. The maximum atomic E-state index is 8.77. The summed E-state index contributed by atoms with van der Waals surface area (Å²) >= 11 is 0. The highest BCUT2D eigenvalue weighted by molar-refractivity contribution is 6.74. The van der Waals surface area contributed by atoms with Crippen molar-refractivity contribution in [1.29, 1.82) is 5.26 Å². The van der Waals surface area contributed by atoms with Crippen LogP contribution in [0.3, 0.4) is 0 Å². The van der Waals surface area contributed by atoms with Gasteiger partial charge in [-0.3, -0.25) is 0 Å². The van der Waals surface area contributed by atoms with E-state index >= 15 is 0 Å². The summed E-state index contributed by atoms with van der Waals surface area (Å²) in [6.07, 6.45) is 0. The summed E-state index contributed by atoms with van der Waals surface area (Å²) in [6.45, 7) is 11.5. The minimum absolute atomic E-state index is 0.194. The van der Waals surface area contributed by atoms with Crippen LogP contribution < -0.4 is 0 Å². The second kappa shape index (κ2) is 4.99. The molecular weight excluding hydrogens is 228 g/mol. The topological polar surface area (TPSA) is 45.9 Å². The van der Waals surface area contributed by atoms with Crippen molar-refractivity contribution in [3.8, 4) is 6.07 Å². The third-order valence-electron chi connectivity index (χ3n) is 3.31. The van der Waals surface area contributed by atoms with Crippen molar-refractivity contribution in [1.82, 2.24) is 4.98 Å². The van der Waals surface area contributed by atoms with E-state index in [4.69, 9.17) is 9.69 Å². The SMILES string of the molecule is CC(C)(C)[Si](C)(C)OCc1cccc(C#N)n1. The van der Waals surface area contributed by atoms with E-state index in [9.17, 15) is 0 Å². The molecule has 0 aliphatic rings. The fourth-order valence-electron chi connectivity index (χ4n) is 1.09. The first-order valence-corrected chi connectivity index (χ1v) is 8.67. The Morgan fingerprint density at radius 3 is 2.53 bits per heavy atom. The van der Waals surface area contributed by atoms with Gasteiger partial charge in [0.2, 0.25) is 0 Å². The van der Waals surface area contributed by atoms with Gasteiger partial charge in [0.05, 0.1) is 12.3 Å². The van der Waals surface area contributed by atoms with Crippen LogP contribution in [0.4, 0.5) is 0 Å². The van der Waals surface area contributed by atoms with Gasteiger partial charge >= 0.3 is 0 Å². The average Bonchev–Trinajstić information content (AvgIpc) is 2.25. The molecule has 0 aromatic carbocycles. The molecule has 0 fully saturated rings. The first-order valence-electron chi connectivity index (χ1n) is 5.76. The molecule has 92 valence electrons. The molecular formula is C13H20N2OSi. The third-order valence-corrected chi connectivity index (χ3v) is 7.79. The number of aromatic nitrogens is 1. The lowest BCUT2D eigenvalue weighted by molar-refractivity contribution is 0.272. The molecule has 0 unspecified atom stereocenters. The standard InChI is InChI=1S/C13H20N2OSi/c1-13(2,3)17(4,5)16-10-12-8-6-7-11(9-14)15-12/h6-8H,10H2,1-5H3. The second-order valence-electron chi connectivity index (χ2n) is 5.67. The van der Waals surface area contributed by atoms with Gasteiger partial charge in [-0.2, -0.15) is 5.26 Å². The van der Waals surface area contributed by atoms with Gasteiger partial charge in [0.25, 0.3) is 0 Å². The van der Waals surface area contributed by atoms with Gasteiger partial charge < -0.3 is 4.43 Å². The highest BCUT2D eigenvalue weighted by Crippen LogP contribution is 2.36. The smallest absolute Gasteiger partial charge is 0.192 e. The van der Waals surface area contributed by atoms with E-state index in [1.165, 1.54) is 0 Å². The Morgan fingerprint density at radius 2 is 2.00 bits per heavy atom. The van der Waals surface area contributed by atoms with Crippen LogP contribution in [-0.2, 0) is 11.0 Å². The normalized spacial score (nSPS) is 12.2. The molecule has 0 spiro atoms. The quantitative estimate of drug-likeness (QED) is 0.769. The molecule has 1 rings (SSSR count). The summed E-state index contributed by atoms with van der Waals surface area (Å²) < 4.78 is 6.05. The van der Waals surface area contributed by atoms with Crippen molar-refractivity contribution in [2.75, 3.05) is 0 Å². The van der Waals surface area contributed by atoms with Crippen molar-refractivity contribution < 1.29 is 4.43 Å². The van der Waals surface area contributed by atoms with Gasteiger partial charge in [0.15, 0.2) is 8.32 Å². The van der Waals surface area contributed by atoms with Crippen LogP contribution >= 0.6 is 0 Å². The molecule has 17 heavy (non-hydrogen) atoms. The lowest BCUT2D eigenvalue weighted by Gasteiger charge is -2.36. The maximum absolute atomic E-state index is 8.77. The summed E-state index contributed by atoms with van der Waals surface area (Å²) in [5.74, 6) is 0. The van der Waals surface area contributed by atoms with Gasteiger partial charge in [-0.1, -0.05) is 26.8 Å². The van der Waals surface area contributed by atoms with Crippen LogP contribution in [0, 0.1) is 11.3 Å². The van der Waals surface area contributed by atoms with Gasteiger partial charge in [-0.05, 0) is 30.3 Å². The summed E-state index contributed by atoms with van der Waals surface area (Å²) in [5, 5.41) is 8.97. The molecule has 0 aliphatic heterocycles. The van der Waals surface area contributed by atoms with Gasteiger partial charge in [0, 0.05) is 0 Å². The fourth-order valence-corrected chi connectivity index (χ4v) is 2.03. The molecule has 1 aromatic rings. The average molecular weight is 248 g/mol. The van der Waals surface area contributed by atoms with Crippen LogP contribution in [0.2, 0.25) is 18.1 Å². The Balaban J connectivity index is 2.71. The number of hydrogen-bond acceptors (Lipinski definition) is 3. The monoisotopic (exact) mass is 248 g/mol. The van der Waals surface area contributed by atoms with Crippen LogP contribution in [0.15, 0.2) is 18.2 Å². The van der Waals surface area contributed by atoms with Crippen LogP contribution in [0.1, 0.15) is 32.2 Å². The van der Waals surface area contributed by atoms with Crippen molar-refractivity contribution in [3.63, 3.8) is 0 Å². The van der Waals surface area contributed by atoms with Crippen LogP contribution in [-0.4, -0.2) is 13.3 Å². The number of pyridine rings is 1. The summed E-state index contributed by atoms with van der Waals surface area (Å²) in [7, 11) is -1.74.